The van der Waals surface area contributed by atoms with Crippen LogP contribution in [0.25, 0.3) is 0 Å². The zero-order chi connectivity index (χ0) is 14.8. The van der Waals surface area contributed by atoms with E-state index in [0.717, 1.165) is 12.5 Å². The third-order valence-corrected chi connectivity index (χ3v) is 9.80. The molecule has 0 amide bonds. The molecule has 0 aromatic heterocycles. The fourth-order valence-electron chi connectivity index (χ4n) is 3.51. The summed E-state index contributed by atoms with van der Waals surface area (Å²) in [6, 6.07) is 1.11. The summed E-state index contributed by atoms with van der Waals surface area (Å²) in [6.07, 6.45) is 12.7. The first kappa shape index (κ1) is 18.5. The van der Waals surface area contributed by atoms with Gasteiger partial charge in [-0.3, -0.25) is 0 Å². The molecular formula is C16H33ClO2Si. The second-order valence-electron chi connectivity index (χ2n) is 6.14. The second-order valence-corrected chi connectivity index (χ2v) is 10.4. The van der Waals surface area contributed by atoms with Crippen molar-refractivity contribution in [2.75, 3.05) is 14.2 Å². The van der Waals surface area contributed by atoms with E-state index in [4.69, 9.17) is 20.5 Å². The zero-order valence-corrected chi connectivity index (χ0v) is 15.4. The van der Waals surface area contributed by atoms with Crippen LogP contribution >= 0.6 is 11.6 Å². The van der Waals surface area contributed by atoms with E-state index in [2.05, 4.69) is 6.92 Å². The molecule has 1 fully saturated rings. The van der Waals surface area contributed by atoms with Gasteiger partial charge in [-0.1, -0.05) is 58.3 Å². The molecule has 2 nitrogen and oxygen atoms in total. The standard InChI is InChI=1S/C16H33ClO2Si/c1-4-5-6-7-11-14-20(18-2,19-3)16-13-10-8-9-12-15(16)17/h15-16H,4-14H2,1-3H3. The molecule has 4 heteroatoms. The molecule has 0 bridgehead atoms. The molecule has 0 aromatic rings. The quantitative estimate of drug-likeness (QED) is 0.237. The van der Waals surface area contributed by atoms with Crippen molar-refractivity contribution in [1.29, 1.82) is 0 Å². The Morgan fingerprint density at radius 1 is 0.950 bits per heavy atom. The van der Waals surface area contributed by atoms with Gasteiger partial charge in [0.15, 0.2) is 0 Å². The van der Waals surface area contributed by atoms with Crippen molar-refractivity contribution in [3.05, 3.63) is 0 Å². The van der Waals surface area contributed by atoms with Crippen molar-refractivity contribution in [2.45, 2.75) is 88.1 Å². The van der Waals surface area contributed by atoms with Crippen LogP contribution in [0.4, 0.5) is 0 Å². The predicted octanol–water partition coefficient (Wildman–Crippen LogP) is 5.63. The molecule has 20 heavy (non-hydrogen) atoms. The Labute approximate surface area is 131 Å². The van der Waals surface area contributed by atoms with E-state index in [-0.39, 0.29) is 5.38 Å². The van der Waals surface area contributed by atoms with Crippen LogP contribution in [0.5, 0.6) is 0 Å². The number of hydrogen-bond acceptors (Lipinski definition) is 2. The molecule has 0 radical (unpaired) electrons. The second kappa shape index (κ2) is 10.2. The predicted molar refractivity (Wildman–Crippen MR) is 89.8 cm³/mol. The topological polar surface area (TPSA) is 18.5 Å². The maximum atomic E-state index is 6.67. The summed E-state index contributed by atoms with van der Waals surface area (Å²) in [4.78, 5) is 0. The molecule has 1 saturated carbocycles. The Balaban J connectivity index is 2.58. The summed E-state index contributed by atoms with van der Waals surface area (Å²) in [5.74, 6) is 0. The van der Waals surface area contributed by atoms with Gasteiger partial charge in [0.1, 0.15) is 0 Å². The Hall–Kier alpha value is 0.427. The molecule has 0 heterocycles. The normalized spacial score (nSPS) is 24.6. The summed E-state index contributed by atoms with van der Waals surface area (Å²) in [5.41, 5.74) is 0.466. The molecule has 1 aliphatic rings. The molecule has 2 atom stereocenters. The highest BCUT2D eigenvalue weighted by atomic mass is 35.5. The van der Waals surface area contributed by atoms with Gasteiger partial charge in [0.2, 0.25) is 0 Å². The molecule has 0 N–H and O–H groups in total. The summed E-state index contributed by atoms with van der Waals surface area (Å²) in [7, 11) is 1.56. The number of hydrogen-bond donors (Lipinski definition) is 0. The summed E-state index contributed by atoms with van der Waals surface area (Å²) < 4.78 is 12.0. The van der Waals surface area contributed by atoms with Gasteiger partial charge < -0.3 is 8.85 Å². The van der Waals surface area contributed by atoms with E-state index < -0.39 is 8.56 Å². The molecule has 0 aliphatic heterocycles. The first-order valence-electron chi connectivity index (χ1n) is 8.44. The Bertz CT molecular complexity index is 247. The van der Waals surface area contributed by atoms with Gasteiger partial charge in [-0.15, -0.1) is 11.6 Å². The molecule has 120 valence electrons. The number of halogens is 1. The number of rotatable bonds is 9. The van der Waals surface area contributed by atoms with Gasteiger partial charge in [-0.05, 0) is 18.9 Å². The third-order valence-electron chi connectivity index (χ3n) is 4.82. The molecule has 0 spiro atoms. The Kier molecular flexibility index (Phi) is 9.43. The summed E-state index contributed by atoms with van der Waals surface area (Å²) in [5, 5.41) is 0.250. The fourth-order valence-corrected chi connectivity index (χ4v) is 8.02. The lowest BCUT2D eigenvalue weighted by atomic mass is 10.2. The first-order chi connectivity index (χ1) is 9.70. The SMILES string of the molecule is CCCCCCC[Si](OC)(OC)C1CCCCCC1Cl. The van der Waals surface area contributed by atoms with Gasteiger partial charge in [-0.25, -0.2) is 0 Å². The lowest BCUT2D eigenvalue weighted by Crippen LogP contribution is -2.48. The van der Waals surface area contributed by atoms with Gasteiger partial charge in [0, 0.05) is 25.1 Å². The van der Waals surface area contributed by atoms with Crippen LogP contribution in [-0.2, 0) is 8.85 Å². The highest BCUT2D eigenvalue weighted by Gasteiger charge is 2.47. The fraction of sp³-hybridized carbons (Fsp3) is 1.00. The van der Waals surface area contributed by atoms with E-state index in [9.17, 15) is 0 Å². The smallest absolute Gasteiger partial charge is 0.342 e. The van der Waals surface area contributed by atoms with Crippen LogP contribution in [0.2, 0.25) is 11.6 Å². The van der Waals surface area contributed by atoms with E-state index in [1.54, 1.807) is 0 Å². The van der Waals surface area contributed by atoms with Gasteiger partial charge in [-0.2, -0.15) is 0 Å². The third kappa shape index (κ3) is 5.32. The van der Waals surface area contributed by atoms with Crippen molar-refractivity contribution in [1.82, 2.24) is 0 Å². The monoisotopic (exact) mass is 320 g/mol. The largest absolute Gasteiger partial charge is 0.397 e. The average molecular weight is 321 g/mol. The van der Waals surface area contributed by atoms with E-state index in [1.165, 1.54) is 57.8 Å². The minimum absolute atomic E-state index is 0.250. The lowest BCUT2D eigenvalue weighted by molar-refractivity contribution is 0.222. The molecule has 1 rings (SSSR count). The molecular weight excluding hydrogens is 288 g/mol. The van der Waals surface area contributed by atoms with Crippen LogP contribution in [0.3, 0.4) is 0 Å². The van der Waals surface area contributed by atoms with Crippen LogP contribution in [0.1, 0.15) is 71.1 Å². The lowest BCUT2D eigenvalue weighted by Gasteiger charge is -2.37. The van der Waals surface area contributed by atoms with Crippen molar-refractivity contribution in [2.24, 2.45) is 0 Å². The molecule has 1 aliphatic carbocycles. The molecule has 2 unspecified atom stereocenters. The number of unbranched alkanes of at least 4 members (excludes halogenated alkanes) is 4. The van der Waals surface area contributed by atoms with Crippen molar-refractivity contribution < 1.29 is 8.85 Å². The van der Waals surface area contributed by atoms with Gasteiger partial charge in [0.05, 0.1) is 0 Å². The van der Waals surface area contributed by atoms with E-state index in [0.29, 0.717) is 5.54 Å². The minimum atomic E-state index is -2.13. The highest BCUT2D eigenvalue weighted by Crippen LogP contribution is 2.42. The van der Waals surface area contributed by atoms with Crippen LogP contribution in [0.15, 0.2) is 0 Å². The molecule has 0 saturated heterocycles. The zero-order valence-electron chi connectivity index (χ0n) is 13.6. The van der Waals surface area contributed by atoms with Crippen LogP contribution < -0.4 is 0 Å². The first-order valence-corrected chi connectivity index (χ1v) is 11.0. The summed E-state index contributed by atoms with van der Waals surface area (Å²) in [6.45, 7) is 2.26. The maximum Gasteiger partial charge on any atom is 0.342 e. The van der Waals surface area contributed by atoms with E-state index in [1.807, 2.05) is 14.2 Å². The Morgan fingerprint density at radius 2 is 1.60 bits per heavy atom. The van der Waals surface area contributed by atoms with Crippen molar-refractivity contribution >= 4 is 20.2 Å². The highest BCUT2D eigenvalue weighted by molar-refractivity contribution is 6.70. The Morgan fingerprint density at radius 3 is 2.25 bits per heavy atom. The van der Waals surface area contributed by atoms with Crippen molar-refractivity contribution in [3.63, 3.8) is 0 Å². The summed E-state index contributed by atoms with van der Waals surface area (Å²) >= 11 is 6.67. The van der Waals surface area contributed by atoms with Gasteiger partial charge in [0.25, 0.3) is 0 Å². The maximum absolute atomic E-state index is 6.67. The van der Waals surface area contributed by atoms with E-state index >= 15 is 0 Å². The average Bonchev–Trinajstić information content (AvgIpc) is 2.69. The number of alkyl halides is 1. The van der Waals surface area contributed by atoms with Gasteiger partial charge >= 0.3 is 8.56 Å². The molecule has 0 aromatic carbocycles. The van der Waals surface area contributed by atoms with Crippen molar-refractivity contribution in [3.8, 4) is 0 Å². The van der Waals surface area contributed by atoms with Crippen LogP contribution in [0, 0.1) is 0 Å². The van der Waals surface area contributed by atoms with Crippen LogP contribution in [-0.4, -0.2) is 28.2 Å². The minimum Gasteiger partial charge on any atom is -0.397 e.